The first-order chi connectivity index (χ1) is 8.34. The summed E-state index contributed by atoms with van der Waals surface area (Å²) in [4.78, 5) is 0. The Hall–Kier alpha value is -1.48. The van der Waals surface area contributed by atoms with Gasteiger partial charge in [-0.05, 0) is 30.2 Å². The van der Waals surface area contributed by atoms with Crippen molar-refractivity contribution in [1.82, 2.24) is 9.88 Å². The number of benzene rings is 1. The van der Waals surface area contributed by atoms with Gasteiger partial charge < -0.3 is 14.6 Å². The average Bonchev–Trinajstić information content (AvgIpc) is 2.67. The second kappa shape index (κ2) is 3.26. The van der Waals surface area contributed by atoms with Crippen molar-refractivity contribution in [3.63, 3.8) is 0 Å². The van der Waals surface area contributed by atoms with E-state index in [-0.39, 0.29) is 0 Å². The van der Waals surface area contributed by atoms with Crippen LogP contribution in [0, 0.1) is 6.92 Å². The van der Waals surface area contributed by atoms with Crippen LogP contribution in [0.4, 0.5) is 0 Å². The van der Waals surface area contributed by atoms with Crippen LogP contribution in [0.1, 0.15) is 16.8 Å². The van der Waals surface area contributed by atoms with Gasteiger partial charge in [0.25, 0.3) is 0 Å². The third-order valence-electron chi connectivity index (χ3n) is 3.90. The zero-order valence-electron chi connectivity index (χ0n) is 10.0. The molecule has 88 valence electrons. The maximum Gasteiger partial charge on any atom is 0.143 e. The molecule has 3 heteroatoms. The molecule has 2 aliphatic rings. The van der Waals surface area contributed by atoms with Gasteiger partial charge in [-0.25, -0.2) is 0 Å². The zero-order chi connectivity index (χ0) is 11.4. The molecule has 1 aromatic heterocycles. The molecule has 2 aliphatic heterocycles. The molecule has 0 spiro atoms. The highest BCUT2D eigenvalue weighted by Gasteiger charge is 2.24. The summed E-state index contributed by atoms with van der Waals surface area (Å²) in [7, 11) is 0. The minimum absolute atomic E-state index is 0.806. The highest BCUT2D eigenvalue weighted by Crippen LogP contribution is 2.37. The van der Waals surface area contributed by atoms with E-state index in [9.17, 15) is 0 Å². The summed E-state index contributed by atoms with van der Waals surface area (Å²) in [6, 6.07) is 4.46. The molecule has 0 amide bonds. The summed E-state index contributed by atoms with van der Waals surface area (Å²) in [6.45, 7) is 6.05. The van der Waals surface area contributed by atoms with Crippen LogP contribution in [0.5, 0.6) is 5.75 Å². The van der Waals surface area contributed by atoms with Crippen LogP contribution in [-0.2, 0) is 19.5 Å². The lowest BCUT2D eigenvalue weighted by atomic mass is 10.0. The van der Waals surface area contributed by atoms with Gasteiger partial charge in [0.1, 0.15) is 12.4 Å². The predicted octanol–water partition coefficient (Wildman–Crippen LogP) is 1.99. The monoisotopic (exact) mass is 228 g/mol. The van der Waals surface area contributed by atoms with Crippen molar-refractivity contribution in [3.05, 3.63) is 29.0 Å². The fourth-order valence-electron chi connectivity index (χ4n) is 3.21. The second-order valence-corrected chi connectivity index (χ2v) is 5.01. The number of fused-ring (bicyclic) bond motifs is 3. The van der Waals surface area contributed by atoms with E-state index in [0.717, 1.165) is 38.4 Å². The van der Waals surface area contributed by atoms with Crippen molar-refractivity contribution in [2.45, 2.75) is 26.4 Å². The van der Waals surface area contributed by atoms with E-state index in [1.54, 1.807) is 0 Å². The van der Waals surface area contributed by atoms with Crippen LogP contribution >= 0.6 is 0 Å². The summed E-state index contributed by atoms with van der Waals surface area (Å²) in [6.07, 6.45) is 1.14. The molecular formula is C14H16N2O. The summed E-state index contributed by atoms with van der Waals surface area (Å²) in [5.41, 5.74) is 5.62. The second-order valence-electron chi connectivity index (χ2n) is 5.01. The van der Waals surface area contributed by atoms with Gasteiger partial charge in [-0.3, -0.25) is 0 Å². The van der Waals surface area contributed by atoms with E-state index in [2.05, 4.69) is 28.9 Å². The molecular weight excluding hydrogens is 212 g/mol. The van der Waals surface area contributed by atoms with Gasteiger partial charge in [-0.2, -0.15) is 0 Å². The van der Waals surface area contributed by atoms with Crippen LogP contribution in [-0.4, -0.2) is 17.7 Å². The Labute approximate surface area is 100 Å². The predicted molar refractivity (Wildman–Crippen MR) is 67.6 cm³/mol. The molecule has 0 aliphatic carbocycles. The zero-order valence-corrected chi connectivity index (χ0v) is 10.0. The fourth-order valence-corrected chi connectivity index (χ4v) is 3.21. The van der Waals surface area contributed by atoms with E-state index in [1.807, 2.05) is 0 Å². The van der Waals surface area contributed by atoms with E-state index >= 15 is 0 Å². The lowest BCUT2D eigenvalue weighted by Crippen LogP contribution is -2.25. The van der Waals surface area contributed by atoms with E-state index < -0.39 is 0 Å². The van der Waals surface area contributed by atoms with Gasteiger partial charge in [0.15, 0.2) is 0 Å². The molecule has 4 rings (SSSR count). The van der Waals surface area contributed by atoms with Crippen LogP contribution < -0.4 is 10.1 Å². The molecule has 1 N–H and O–H groups in total. The molecule has 3 heterocycles. The maximum absolute atomic E-state index is 5.81. The summed E-state index contributed by atoms with van der Waals surface area (Å²) in [5, 5.41) is 4.87. The Morgan fingerprint density at radius 2 is 2.29 bits per heavy atom. The number of hydrogen-bond acceptors (Lipinski definition) is 2. The number of hydrogen-bond donors (Lipinski definition) is 1. The normalized spacial score (nSPS) is 17.9. The van der Waals surface area contributed by atoms with Gasteiger partial charge in [0, 0.05) is 30.6 Å². The molecule has 2 aromatic rings. The minimum Gasteiger partial charge on any atom is -0.490 e. The molecule has 0 radical (unpaired) electrons. The van der Waals surface area contributed by atoms with Crippen LogP contribution in [0.3, 0.4) is 0 Å². The number of nitrogens with zero attached hydrogens (tertiary/aromatic N) is 1. The fraction of sp³-hybridized carbons (Fsp3) is 0.429. The Balaban J connectivity index is 2.16. The largest absolute Gasteiger partial charge is 0.490 e. The summed E-state index contributed by atoms with van der Waals surface area (Å²) < 4.78 is 8.29. The molecule has 17 heavy (non-hydrogen) atoms. The van der Waals surface area contributed by atoms with E-state index in [4.69, 9.17) is 4.74 Å². The molecule has 0 bridgehead atoms. The Morgan fingerprint density at radius 3 is 3.24 bits per heavy atom. The van der Waals surface area contributed by atoms with Crippen molar-refractivity contribution in [2.75, 3.05) is 13.2 Å². The average molecular weight is 228 g/mol. The highest BCUT2D eigenvalue weighted by molar-refractivity contribution is 5.91. The van der Waals surface area contributed by atoms with Gasteiger partial charge in [-0.15, -0.1) is 0 Å². The Morgan fingerprint density at radius 1 is 1.35 bits per heavy atom. The van der Waals surface area contributed by atoms with Crippen molar-refractivity contribution in [3.8, 4) is 5.75 Å². The molecule has 0 unspecified atom stereocenters. The SMILES string of the molecule is Cc1cc2c3c(c1)c1c(n3CCO2)CCNC1. The third kappa shape index (κ3) is 1.20. The first kappa shape index (κ1) is 9.54. The molecule has 0 atom stereocenters. The van der Waals surface area contributed by atoms with Crippen LogP contribution in [0.25, 0.3) is 10.9 Å². The quantitative estimate of drug-likeness (QED) is 0.746. The molecule has 0 saturated heterocycles. The van der Waals surface area contributed by atoms with Crippen molar-refractivity contribution in [1.29, 1.82) is 0 Å². The van der Waals surface area contributed by atoms with Crippen LogP contribution in [0.2, 0.25) is 0 Å². The van der Waals surface area contributed by atoms with Gasteiger partial charge in [0.05, 0.1) is 12.1 Å². The first-order valence-corrected chi connectivity index (χ1v) is 6.33. The number of ether oxygens (including phenoxy) is 1. The Kier molecular flexibility index (Phi) is 1.83. The molecule has 3 nitrogen and oxygen atoms in total. The Bertz CT molecular complexity index is 612. The topological polar surface area (TPSA) is 26.2 Å². The third-order valence-corrected chi connectivity index (χ3v) is 3.90. The van der Waals surface area contributed by atoms with Gasteiger partial charge >= 0.3 is 0 Å². The minimum atomic E-state index is 0.806. The molecule has 1 aromatic carbocycles. The number of rotatable bonds is 0. The standard InChI is InChI=1S/C14H16N2O/c1-9-6-10-11-8-15-3-2-12(11)16-4-5-17-13(7-9)14(10)16/h6-7,15H,2-5,8H2,1H3. The van der Waals surface area contributed by atoms with Crippen LogP contribution in [0.15, 0.2) is 12.1 Å². The van der Waals surface area contributed by atoms with Gasteiger partial charge in [-0.1, -0.05) is 0 Å². The van der Waals surface area contributed by atoms with E-state index in [0.29, 0.717) is 0 Å². The van der Waals surface area contributed by atoms with Crippen molar-refractivity contribution in [2.24, 2.45) is 0 Å². The first-order valence-electron chi connectivity index (χ1n) is 6.33. The highest BCUT2D eigenvalue weighted by atomic mass is 16.5. The number of nitrogens with one attached hydrogen (secondary N) is 1. The number of aryl methyl sites for hydroxylation is 1. The van der Waals surface area contributed by atoms with Crippen molar-refractivity contribution < 1.29 is 4.74 Å². The van der Waals surface area contributed by atoms with E-state index in [1.165, 1.54) is 27.7 Å². The molecule has 0 saturated carbocycles. The number of aromatic nitrogens is 1. The smallest absolute Gasteiger partial charge is 0.143 e. The summed E-state index contributed by atoms with van der Waals surface area (Å²) >= 11 is 0. The lowest BCUT2D eigenvalue weighted by Gasteiger charge is -2.20. The van der Waals surface area contributed by atoms with Crippen molar-refractivity contribution >= 4 is 10.9 Å². The summed E-state index contributed by atoms with van der Waals surface area (Å²) in [5.74, 6) is 1.07. The maximum atomic E-state index is 5.81. The molecule has 0 fully saturated rings. The lowest BCUT2D eigenvalue weighted by molar-refractivity contribution is 0.284. The van der Waals surface area contributed by atoms with Gasteiger partial charge in [0.2, 0.25) is 0 Å².